The normalized spacial score (nSPS) is 19.6. The number of rotatable bonds is 4. The topological polar surface area (TPSA) is 71.8 Å². The molecule has 1 aromatic carbocycles. The third-order valence-corrected chi connectivity index (χ3v) is 6.13. The van der Waals surface area contributed by atoms with Crippen molar-refractivity contribution in [3.05, 3.63) is 46.7 Å². The van der Waals surface area contributed by atoms with Crippen LogP contribution in [-0.2, 0) is 5.54 Å². The Labute approximate surface area is 176 Å². The van der Waals surface area contributed by atoms with Crippen LogP contribution < -0.4 is 10.6 Å². The zero-order valence-electron chi connectivity index (χ0n) is 15.9. The van der Waals surface area contributed by atoms with E-state index < -0.39 is 0 Å². The summed E-state index contributed by atoms with van der Waals surface area (Å²) in [5.41, 5.74) is 1.16. The molecule has 2 aliphatic rings. The van der Waals surface area contributed by atoms with Crippen LogP contribution in [0.1, 0.15) is 67.0 Å². The van der Waals surface area contributed by atoms with Gasteiger partial charge in [0, 0.05) is 5.02 Å². The molecule has 0 spiro atoms. The molecule has 6 nitrogen and oxygen atoms in total. The number of halogens is 2. The summed E-state index contributed by atoms with van der Waals surface area (Å²) in [4.78, 5) is 13.0. The summed E-state index contributed by atoms with van der Waals surface area (Å²) in [7, 11) is 0. The monoisotopic (exact) mass is 423 g/mol. The Hall–Kier alpha value is -1.63. The van der Waals surface area contributed by atoms with Gasteiger partial charge in [-0.3, -0.25) is 4.79 Å². The Morgan fingerprint density at radius 1 is 1.14 bits per heavy atom. The standard InChI is InChI=1S/C20H26ClN5O.ClH/c21-16-6-4-15(5-7-16)20(10-2-1-3-11-20)23-19(27)18-14-26(25-24-18)17-8-12-22-13-9-17;/h4-7,14,17,22H,1-3,8-13H2,(H,23,27);1H. The molecule has 2 fully saturated rings. The smallest absolute Gasteiger partial charge is 0.274 e. The maximum absolute atomic E-state index is 13.0. The first-order valence-electron chi connectivity index (χ1n) is 9.87. The number of nitrogens with zero attached hydrogens (tertiary/aromatic N) is 3. The van der Waals surface area contributed by atoms with E-state index in [1.165, 1.54) is 6.42 Å². The predicted octanol–water partition coefficient (Wildman–Crippen LogP) is 3.87. The average molecular weight is 424 g/mol. The number of carbonyl (C=O) groups is 1. The highest BCUT2D eigenvalue weighted by Crippen LogP contribution is 2.37. The van der Waals surface area contributed by atoms with Gasteiger partial charge in [0.1, 0.15) is 0 Å². The Kier molecular flexibility index (Phi) is 6.96. The Morgan fingerprint density at radius 2 is 1.82 bits per heavy atom. The highest BCUT2D eigenvalue weighted by Gasteiger charge is 2.36. The first-order valence-corrected chi connectivity index (χ1v) is 10.3. The van der Waals surface area contributed by atoms with Crippen molar-refractivity contribution in [2.24, 2.45) is 0 Å². The fraction of sp³-hybridized carbons (Fsp3) is 0.550. The minimum atomic E-state index is -0.349. The van der Waals surface area contributed by atoms with Crippen LogP contribution in [0.15, 0.2) is 30.5 Å². The van der Waals surface area contributed by atoms with Crippen molar-refractivity contribution in [2.45, 2.75) is 56.5 Å². The van der Waals surface area contributed by atoms with E-state index in [1.807, 2.05) is 28.9 Å². The highest BCUT2D eigenvalue weighted by molar-refractivity contribution is 6.30. The second kappa shape index (κ2) is 9.25. The summed E-state index contributed by atoms with van der Waals surface area (Å²) < 4.78 is 1.85. The van der Waals surface area contributed by atoms with Gasteiger partial charge in [-0.25, -0.2) is 4.68 Å². The molecule has 1 aliphatic carbocycles. The van der Waals surface area contributed by atoms with E-state index in [4.69, 9.17) is 11.6 Å². The minimum Gasteiger partial charge on any atom is -0.341 e. The highest BCUT2D eigenvalue weighted by atomic mass is 35.5. The first-order chi connectivity index (χ1) is 13.2. The zero-order chi connectivity index (χ0) is 18.7. The maximum atomic E-state index is 13.0. The molecule has 28 heavy (non-hydrogen) atoms. The first kappa shape index (κ1) is 21.1. The minimum absolute atomic E-state index is 0. The Morgan fingerprint density at radius 3 is 2.50 bits per heavy atom. The van der Waals surface area contributed by atoms with Crippen molar-refractivity contribution >= 4 is 29.9 Å². The van der Waals surface area contributed by atoms with E-state index in [0.29, 0.717) is 16.8 Å². The van der Waals surface area contributed by atoms with E-state index in [0.717, 1.165) is 57.2 Å². The van der Waals surface area contributed by atoms with Crippen LogP contribution in [0.4, 0.5) is 0 Å². The second-order valence-electron chi connectivity index (χ2n) is 7.67. The Bertz CT molecular complexity index is 780. The summed E-state index contributed by atoms with van der Waals surface area (Å²) in [5, 5.41) is 15.7. The number of carbonyl (C=O) groups excluding carboxylic acids is 1. The van der Waals surface area contributed by atoms with Crippen molar-refractivity contribution < 1.29 is 4.79 Å². The molecule has 2 N–H and O–H groups in total. The lowest BCUT2D eigenvalue weighted by Crippen LogP contribution is -2.47. The summed E-state index contributed by atoms with van der Waals surface area (Å²) >= 11 is 6.06. The molecular weight excluding hydrogens is 397 g/mol. The average Bonchev–Trinajstić information content (AvgIpc) is 3.20. The molecule has 0 unspecified atom stereocenters. The van der Waals surface area contributed by atoms with Gasteiger partial charge in [-0.2, -0.15) is 0 Å². The summed E-state index contributed by atoms with van der Waals surface area (Å²) in [5.74, 6) is -0.146. The van der Waals surface area contributed by atoms with Crippen molar-refractivity contribution in [1.29, 1.82) is 0 Å². The van der Waals surface area contributed by atoms with Gasteiger partial charge in [0.05, 0.1) is 17.8 Å². The molecule has 2 heterocycles. The van der Waals surface area contributed by atoms with Gasteiger partial charge in [-0.15, -0.1) is 17.5 Å². The van der Waals surface area contributed by atoms with Crippen molar-refractivity contribution in [1.82, 2.24) is 25.6 Å². The molecule has 0 radical (unpaired) electrons. The quantitative estimate of drug-likeness (QED) is 0.782. The molecule has 8 heteroatoms. The van der Waals surface area contributed by atoms with Gasteiger partial charge < -0.3 is 10.6 Å². The number of aromatic nitrogens is 3. The third-order valence-electron chi connectivity index (χ3n) is 5.88. The van der Waals surface area contributed by atoms with Crippen LogP contribution in [0.25, 0.3) is 0 Å². The van der Waals surface area contributed by atoms with Crippen molar-refractivity contribution in [3.8, 4) is 0 Å². The van der Waals surface area contributed by atoms with Crippen LogP contribution in [-0.4, -0.2) is 34.0 Å². The summed E-state index contributed by atoms with van der Waals surface area (Å²) in [6, 6.07) is 8.17. The van der Waals surface area contributed by atoms with E-state index in [-0.39, 0.29) is 23.9 Å². The molecule has 1 aliphatic heterocycles. The fourth-order valence-electron chi connectivity index (χ4n) is 4.32. The van der Waals surface area contributed by atoms with Crippen LogP contribution in [0.5, 0.6) is 0 Å². The van der Waals surface area contributed by atoms with Crippen LogP contribution in [0.3, 0.4) is 0 Å². The van der Waals surface area contributed by atoms with Crippen LogP contribution in [0, 0.1) is 0 Å². The van der Waals surface area contributed by atoms with Crippen molar-refractivity contribution in [2.75, 3.05) is 13.1 Å². The Balaban J connectivity index is 0.00000225. The number of benzene rings is 1. The molecular formula is C20H27Cl2N5O. The lowest BCUT2D eigenvalue weighted by Gasteiger charge is -2.38. The number of hydrogen-bond acceptors (Lipinski definition) is 4. The maximum Gasteiger partial charge on any atom is 0.274 e. The van der Waals surface area contributed by atoms with Gasteiger partial charge in [-0.05, 0) is 56.5 Å². The van der Waals surface area contributed by atoms with Gasteiger partial charge >= 0.3 is 0 Å². The molecule has 0 atom stereocenters. The largest absolute Gasteiger partial charge is 0.341 e. The molecule has 0 bridgehead atoms. The van der Waals surface area contributed by atoms with Crippen LogP contribution in [0.2, 0.25) is 5.02 Å². The molecule has 1 saturated carbocycles. The molecule has 4 rings (SSSR count). The van der Waals surface area contributed by atoms with Crippen LogP contribution >= 0.6 is 24.0 Å². The third kappa shape index (κ3) is 4.50. The number of piperidine rings is 1. The SMILES string of the molecule is Cl.O=C(NC1(c2ccc(Cl)cc2)CCCCC1)c1cn(C2CCNCC2)nn1. The lowest BCUT2D eigenvalue weighted by atomic mass is 9.76. The fourth-order valence-corrected chi connectivity index (χ4v) is 4.45. The molecule has 2 aromatic rings. The number of nitrogens with one attached hydrogen (secondary N) is 2. The molecule has 1 aromatic heterocycles. The number of amides is 1. The zero-order valence-corrected chi connectivity index (χ0v) is 17.4. The molecule has 1 saturated heterocycles. The van der Waals surface area contributed by atoms with Gasteiger partial charge in [0.15, 0.2) is 5.69 Å². The summed E-state index contributed by atoms with van der Waals surface area (Å²) in [6.07, 6.45) is 9.10. The number of hydrogen-bond donors (Lipinski definition) is 2. The molecule has 152 valence electrons. The van der Waals surface area contributed by atoms with Gasteiger partial charge in [0.2, 0.25) is 0 Å². The van der Waals surface area contributed by atoms with E-state index in [1.54, 1.807) is 6.20 Å². The van der Waals surface area contributed by atoms with E-state index in [2.05, 4.69) is 20.9 Å². The van der Waals surface area contributed by atoms with Gasteiger partial charge in [0.25, 0.3) is 5.91 Å². The van der Waals surface area contributed by atoms with E-state index in [9.17, 15) is 4.79 Å². The van der Waals surface area contributed by atoms with E-state index >= 15 is 0 Å². The lowest BCUT2D eigenvalue weighted by molar-refractivity contribution is 0.0861. The molecule has 1 amide bonds. The predicted molar refractivity (Wildman–Crippen MR) is 112 cm³/mol. The second-order valence-corrected chi connectivity index (χ2v) is 8.11. The van der Waals surface area contributed by atoms with Crippen molar-refractivity contribution in [3.63, 3.8) is 0 Å². The summed E-state index contributed by atoms with van der Waals surface area (Å²) in [6.45, 7) is 1.96. The van der Waals surface area contributed by atoms with Gasteiger partial charge in [-0.1, -0.05) is 48.2 Å².